The average molecular weight is 393 g/mol. The van der Waals surface area contributed by atoms with Gasteiger partial charge in [-0.25, -0.2) is 0 Å². The van der Waals surface area contributed by atoms with Crippen LogP contribution >= 0.6 is 20.8 Å². The van der Waals surface area contributed by atoms with Crippen LogP contribution < -0.4 is 10.6 Å². The number of hydrogen-bond donors (Lipinski definition) is 3. The second kappa shape index (κ2) is 11.3. The second-order valence-corrected chi connectivity index (χ2v) is 6.34. The summed E-state index contributed by atoms with van der Waals surface area (Å²) in [5, 5.41) is 25.0. The predicted octanol–water partition coefficient (Wildman–Crippen LogP) is 3.97. The number of allylic oxidation sites excluding steroid dienone is 2. The molecule has 26 heavy (non-hydrogen) atoms. The number of nitrogens with one attached hydrogen (secondary N) is 1. The van der Waals surface area contributed by atoms with Crippen LogP contribution in [0.15, 0.2) is 65.5 Å². The van der Waals surface area contributed by atoms with E-state index in [0.29, 0.717) is 10.7 Å². The number of hydrogen-bond acceptors (Lipinski definition) is 4. The van der Waals surface area contributed by atoms with E-state index in [1.807, 2.05) is 68.5 Å². The predicted molar refractivity (Wildman–Crippen MR) is 110 cm³/mol. The fourth-order valence-corrected chi connectivity index (χ4v) is 2.97. The van der Waals surface area contributed by atoms with Crippen molar-refractivity contribution >= 4 is 38.3 Å². The molecule has 2 unspecified atom stereocenters. The third kappa shape index (κ3) is 6.17. The van der Waals surface area contributed by atoms with Gasteiger partial charge in [0, 0.05) is 10.6 Å². The van der Waals surface area contributed by atoms with E-state index in [0.717, 1.165) is 22.1 Å². The molecule has 0 amide bonds. The normalized spacial score (nSPS) is 12.6. The Kier molecular flexibility index (Phi) is 9.42. The van der Waals surface area contributed by atoms with Crippen molar-refractivity contribution < 1.29 is 15.1 Å². The molecule has 0 fully saturated rings. The quantitative estimate of drug-likeness (QED) is 0.236. The number of carbonyl (C=O) groups is 1. The summed E-state index contributed by atoms with van der Waals surface area (Å²) in [6, 6.07) is 15.4. The summed E-state index contributed by atoms with van der Waals surface area (Å²) in [6.07, 6.45) is 1.89. The molecule has 2 aromatic carbocycles. The third-order valence-corrected chi connectivity index (χ3v) is 4.25. The zero-order chi connectivity index (χ0) is 19.5. The van der Waals surface area contributed by atoms with Gasteiger partial charge in [0.15, 0.2) is 0 Å². The van der Waals surface area contributed by atoms with Gasteiger partial charge < -0.3 is 15.6 Å². The van der Waals surface area contributed by atoms with Crippen molar-refractivity contribution in [3.63, 3.8) is 0 Å². The Labute approximate surface area is 160 Å². The van der Waals surface area contributed by atoms with Gasteiger partial charge in [-0.2, -0.15) is 0 Å². The van der Waals surface area contributed by atoms with E-state index in [9.17, 15) is 5.21 Å². The van der Waals surface area contributed by atoms with Crippen LogP contribution in [-0.2, 0) is 4.79 Å². The van der Waals surface area contributed by atoms with E-state index in [1.165, 1.54) is 0 Å². The highest BCUT2D eigenvalue weighted by molar-refractivity contribution is 7.27. The largest absolute Gasteiger partial charge is 0.483 e. The fraction of sp³-hybridized carbons (Fsp3) is 0.158. The van der Waals surface area contributed by atoms with Crippen molar-refractivity contribution in [3.8, 4) is 0 Å². The van der Waals surface area contributed by atoms with Crippen LogP contribution in [0.25, 0.3) is 0 Å². The minimum absolute atomic E-state index is 0.0224. The number of rotatable bonds is 5. The van der Waals surface area contributed by atoms with Crippen molar-refractivity contribution in [2.75, 3.05) is 0 Å². The molecule has 0 radical (unpaired) electrons. The van der Waals surface area contributed by atoms with Gasteiger partial charge in [-0.1, -0.05) is 59.2 Å². The molecule has 0 aliphatic rings. The van der Waals surface area contributed by atoms with Gasteiger partial charge in [0.25, 0.3) is 6.47 Å². The number of halogens is 1. The van der Waals surface area contributed by atoms with Crippen LogP contribution in [0.4, 0.5) is 0 Å². The van der Waals surface area contributed by atoms with Crippen molar-refractivity contribution in [2.45, 2.75) is 19.9 Å². The first kappa shape index (κ1) is 21.7. The topological polar surface area (TPSA) is 81.9 Å². The summed E-state index contributed by atoms with van der Waals surface area (Å²) in [7, 11) is 2.64. The summed E-state index contributed by atoms with van der Waals surface area (Å²) in [5.74, 6) is 0. The maximum absolute atomic E-state index is 9.48. The minimum Gasteiger partial charge on any atom is -0.483 e. The molecule has 0 saturated heterocycles. The van der Waals surface area contributed by atoms with E-state index in [-0.39, 0.29) is 12.5 Å². The van der Waals surface area contributed by atoms with Crippen LogP contribution in [0, 0.1) is 0 Å². The molecule has 0 aliphatic carbocycles. The highest BCUT2D eigenvalue weighted by atomic mass is 35.5. The lowest BCUT2D eigenvalue weighted by molar-refractivity contribution is -0.122. The SMILES string of the molecule is C/C=C(NC(C)c1ccccc1Cl)/C(=N\O)c1cccc(P)c1.O=CO. The summed E-state index contributed by atoms with van der Waals surface area (Å²) in [4.78, 5) is 8.36. The van der Waals surface area contributed by atoms with Crippen LogP contribution in [0.1, 0.15) is 31.0 Å². The molecular weight excluding hydrogens is 371 g/mol. The highest BCUT2D eigenvalue weighted by Gasteiger charge is 2.15. The van der Waals surface area contributed by atoms with E-state index in [2.05, 4.69) is 19.7 Å². The lowest BCUT2D eigenvalue weighted by atomic mass is 10.0. The van der Waals surface area contributed by atoms with Gasteiger partial charge in [0.1, 0.15) is 5.71 Å². The standard InChI is InChI=1S/C18H20ClN2OP.CH2O2/c1-3-17(18(21-22)13-7-6-8-14(23)11-13)20-12(2)15-9-4-5-10-16(15)19;2-1-3/h3-12,20,22H,23H2,1-2H3;1H,(H,2,3)/b17-3-,21-18-;. The lowest BCUT2D eigenvalue weighted by Gasteiger charge is -2.20. The van der Waals surface area contributed by atoms with Crippen LogP contribution in [0.2, 0.25) is 5.02 Å². The van der Waals surface area contributed by atoms with E-state index in [4.69, 9.17) is 21.5 Å². The van der Waals surface area contributed by atoms with E-state index < -0.39 is 0 Å². The minimum atomic E-state index is -0.250. The van der Waals surface area contributed by atoms with Crippen molar-refractivity contribution in [1.29, 1.82) is 0 Å². The van der Waals surface area contributed by atoms with E-state index >= 15 is 0 Å². The molecule has 0 bridgehead atoms. The zero-order valence-corrected chi connectivity index (χ0v) is 16.5. The van der Waals surface area contributed by atoms with Crippen LogP contribution in [0.3, 0.4) is 0 Å². The van der Waals surface area contributed by atoms with Gasteiger partial charge in [-0.3, -0.25) is 4.79 Å². The molecule has 138 valence electrons. The lowest BCUT2D eigenvalue weighted by Crippen LogP contribution is -2.25. The fourth-order valence-electron chi connectivity index (χ4n) is 2.38. The molecule has 0 aliphatic heterocycles. The van der Waals surface area contributed by atoms with Crippen molar-refractivity contribution in [3.05, 3.63) is 76.5 Å². The average Bonchev–Trinajstić information content (AvgIpc) is 2.62. The monoisotopic (exact) mass is 392 g/mol. The molecule has 2 rings (SSSR count). The zero-order valence-electron chi connectivity index (χ0n) is 14.6. The molecule has 0 spiro atoms. The van der Waals surface area contributed by atoms with Gasteiger partial charge in [-0.15, -0.1) is 9.24 Å². The Balaban J connectivity index is 0.00000105. The third-order valence-electron chi connectivity index (χ3n) is 3.55. The van der Waals surface area contributed by atoms with Gasteiger partial charge >= 0.3 is 0 Å². The molecular formula is C19H22ClN2O3P. The first-order valence-corrected chi connectivity index (χ1v) is 8.77. The maximum Gasteiger partial charge on any atom is 0.290 e. The molecule has 0 saturated carbocycles. The number of nitrogens with zero attached hydrogens (tertiary/aromatic N) is 1. The molecule has 2 aromatic rings. The Bertz CT molecular complexity index is 794. The van der Waals surface area contributed by atoms with Gasteiger partial charge in [0.05, 0.1) is 11.7 Å². The molecule has 3 N–H and O–H groups in total. The molecule has 7 heteroatoms. The Hall–Kier alpha value is -2.36. The smallest absolute Gasteiger partial charge is 0.290 e. The number of benzene rings is 2. The summed E-state index contributed by atoms with van der Waals surface area (Å²) >= 11 is 6.26. The van der Waals surface area contributed by atoms with Gasteiger partial charge in [0.2, 0.25) is 0 Å². The molecule has 0 aromatic heterocycles. The van der Waals surface area contributed by atoms with E-state index in [1.54, 1.807) is 0 Å². The number of carboxylic acid groups (broad SMARTS) is 1. The number of oxime groups is 1. The van der Waals surface area contributed by atoms with Gasteiger partial charge in [-0.05, 0) is 36.8 Å². The van der Waals surface area contributed by atoms with Crippen molar-refractivity contribution in [2.24, 2.45) is 5.16 Å². The summed E-state index contributed by atoms with van der Waals surface area (Å²) in [5.41, 5.74) is 3.07. The Morgan fingerprint density at radius 2 is 1.92 bits per heavy atom. The Morgan fingerprint density at radius 1 is 1.27 bits per heavy atom. The maximum atomic E-state index is 9.48. The molecule has 2 atom stereocenters. The molecule has 0 heterocycles. The van der Waals surface area contributed by atoms with Crippen LogP contribution in [-0.4, -0.2) is 22.5 Å². The second-order valence-electron chi connectivity index (χ2n) is 5.27. The first-order valence-electron chi connectivity index (χ1n) is 7.81. The Morgan fingerprint density at radius 3 is 2.46 bits per heavy atom. The summed E-state index contributed by atoms with van der Waals surface area (Å²) in [6.45, 7) is 3.67. The summed E-state index contributed by atoms with van der Waals surface area (Å²) < 4.78 is 0. The van der Waals surface area contributed by atoms with Crippen LogP contribution in [0.5, 0.6) is 0 Å². The molecule has 5 nitrogen and oxygen atoms in total. The first-order chi connectivity index (χ1) is 12.5. The van der Waals surface area contributed by atoms with Crippen molar-refractivity contribution in [1.82, 2.24) is 5.32 Å². The highest BCUT2D eigenvalue weighted by Crippen LogP contribution is 2.23.